The Hall–Kier alpha value is -0.220. The summed E-state index contributed by atoms with van der Waals surface area (Å²) < 4.78 is 30.4. The molecule has 0 radical (unpaired) electrons. The topological polar surface area (TPSA) is 29.5 Å². The summed E-state index contributed by atoms with van der Waals surface area (Å²) in [6, 6.07) is 0. The van der Waals surface area contributed by atoms with Crippen LogP contribution in [-0.2, 0) is 4.74 Å². The number of ether oxygens (including phenoxy) is 1. The van der Waals surface area contributed by atoms with Gasteiger partial charge in [0.25, 0.3) is 5.92 Å². The minimum atomic E-state index is -2.46. The van der Waals surface area contributed by atoms with E-state index in [0.29, 0.717) is 25.9 Å². The molecule has 0 bridgehead atoms. The summed E-state index contributed by atoms with van der Waals surface area (Å²) in [5, 5.41) is 10.0. The molecule has 1 saturated heterocycles. The standard InChI is InChI=1S/C10H16F2O2/c1-7-9(13,4-5-14-7)3-2-8-6-10(8,11)12/h7-8,13H,2-6H2,1H3. The lowest BCUT2D eigenvalue weighted by atomic mass is 9.90. The van der Waals surface area contributed by atoms with Crippen LogP contribution in [0.15, 0.2) is 0 Å². The van der Waals surface area contributed by atoms with Gasteiger partial charge < -0.3 is 9.84 Å². The lowest BCUT2D eigenvalue weighted by molar-refractivity contribution is -0.0371. The zero-order valence-electron chi connectivity index (χ0n) is 8.30. The van der Waals surface area contributed by atoms with Gasteiger partial charge in [-0.2, -0.15) is 0 Å². The summed E-state index contributed by atoms with van der Waals surface area (Å²) in [4.78, 5) is 0. The molecule has 2 nitrogen and oxygen atoms in total. The fourth-order valence-corrected chi connectivity index (χ4v) is 2.11. The van der Waals surface area contributed by atoms with Crippen molar-refractivity contribution in [1.82, 2.24) is 0 Å². The van der Waals surface area contributed by atoms with Crippen molar-refractivity contribution in [2.24, 2.45) is 5.92 Å². The molecule has 0 amide bonds. The normalized spacial score (nSPS) is 45.4. The first-order valence-electron chi connectivity index (χ1n) is 5.16. The van der Waals surface area contributed by atoms with Gasteiger partial charge >= 0.3 is 0 Å². The van der Waals surface area contributed by atoms with Gasteiger partial charge in [0.1, 0.15) is 0 Å². The van der Waals surface area contributed by atoms with E-state index in [1.165, 1.54) is 0 Å². The largest absolute Gasteiger partial charge is 0.387 e. The minimum Gasteiger partial charge on any atom is -0.387 e. The highest BCUT2D eigenvalue weighted by atomic mass is 19.3. The smallest absolute Gasteiger partial charge is 0.251 e. The van der Waals surface area contributed by atoms with Crippen LogP contribution in [0.1, 0.15) is 32.6 Å². The Labute approximate surface area is 82.3 Å². The summed E-state index contributed by atoms with van der Waals surface area (Å²) in [5.74, 6) is -2.96. The van der Waals surface area contributed by atoms with Crippen LogP contribution in [0.25, 0.3) is 0 Å². The van der Waals surface area contributed by atoms with Gasteiger partial charge in [0.2, 0.25) is 0 Å². The molecule has 2 aliphatic rings. The van der Waals surface area contributed by atoms with Gasteiger partial charge in [-0.05, 0) is 19.8 Å². The first-order valence-corrected chi connectivity index (χ1v) is 5.16. The summed E-state index contributed by atoms with van der Waals surface area (Å²) in [5.41, 5.74) is -0.862. The Kier molecular flexibility index (Phi) is 2.31. The summed E-state index contributed by atoms with van der Waals surface area (Å²) in [6.07, 6.45) is 1.21. The third-order valence-corrected chi connectivity index (χ3v) is 3.54. The molecular formula is C10H16F2O2. The average Bonchev–Trinajstić information content (AvgIpc) is 2.57. The lowest BCUT2D eigenvalue weighted by Crippen LogP contribution is -2.36. The Balaban J connectivity index is 1.80. The first-order chi connectivity index (χ1) is 6.44. The van der Waals surface area contributed by atoms with Crippen LogP contribution < -0.4 is 0 Å². The molecule has 1 aliphatic heterocycles. The maximum atomic E-state index is 12.6. The molecule has 4 heteroatoms. The number of alkyl halides is 2. The number of halogens is 2. The maximum absolute atomic E-state index is 12.6. The Bertz CT molecular complexity index is 232. The molecular weight excluding hydrogens is 190 g/mol. The Morgan fingerprint density at radius 3 is 2.57 bits per heavy atom. The van der Waals surface area contributed by atoms with Crippen LogP contribution in [0, 0.1) is 5.92 Å². The van der Waals surface area contributed by atoms with Gasteiger partial charge in [-0.3, -0.25) is 0 Å². The zero-order valence-corrected chi connectivity index (χ0v) is 8.30. The number of rotatable bonds is 3. The Morgan fingerprint density at radius 1 is 1.50 bits per heavy atom. The monoisotopic (exact) mass is 206 g/mol. The van der Waals surface area contributed by atoms with Crippen LogP contribution in [-0.4, -0.2) is 29.3 Å². The lowest BCUT2D eigenvalue weighted by Gasteiger charge is -2.25. The fraction of sp³-hybridized carbons (Fsp3) is 1.00. The van der Waals surface area contributed by atoms with Crippen molar-refractivity contribution in [3.05, 3.63) is 0 Å². The number of hydrogen-bond acceptors (Lipinski definition) is 2. The van der Waals surface area contributed by atoms with Crippen molar-refractivity contribution < 1.29 is 18.6 Å². The van der Waals surface area contributed by atoms with Gasteiger partial charge in [-0.15, -0.1) is 0 Å². The average molecular weight is 206 g/mol. The van der Waals surface area contributed by atoms with Crippen molar-refractivity contribution in [2.45, 2.75) is 50.2 Å². The summed E-state index contributed by atoms with van der Waals surface area (Å²) >= 11 is 0. The van der Waals surface area contributed by atoms with E-state index < -0.39 is 17.4 Å². The van der Waals surface area contributed by atoms with Crippen LogP contribution in [0.2, 0.25) is 0 Å². The second kappa shape index (κ2) is 3.14. The predicted molar refractivity (Wildman–Crippen MR) is 47.3 cm³/mol. The van der Waals surface area contributed by atoms with Crippen LogP contribution in [0.3, 0.4) is 0 Å². The number of aliphatic hydroxyl groups is 1. The van der Waals surface area contributed by atoms with E-state index in [2.05, 4.69) is 0 Å². The third-order valence-electron chi connectivity index (χ3n) is 3.54. The molecule has 3 atom stereocenters. The van der Waals surface area contributed by atoms with E-state index >= 15 is 0 Å². The quantitative estimate of drug-likeness (QED) is 0.764. The van der Waals surface area contributed by atoms with E-state index in [1.54, 1.807) is 6.92 Å². The molecule has 0 aromatic heterocycles. The van der Waals surface area contributed by atoms with Crippen molar-refractivity contribution in [3.63, 3.8) is 0 Å². The highest BCUT2D eigenvalue weighted by molar-refractivity contribution is 4.98. The van der Waals surface area contributed by atoms with Gasteiger partial charge in [-0.25, -0.2) is 8.78 Å². The molecule has 2 rings (SSSR count). The van der Waals surface area contributed by atoms with Crippen molar-refractivity contribution in [1.29, 1.82) is 0 Å². The van der Waals surface area contributed by atoms with Gasteiger partial charge in [0.05, 0.1) is 11.7 Å². The first kappa shape index (κ1) is 10.3. The predicted octanol–water partition coefficient (Wildman–Crippen LogP) is 1.96. The molecule has 0 aromatic carbocycles. The van der Waals surface area contributed by atoms with Crippen LogP contribution in [0.5, 0.6) is 0 Å². The van der Waals surface area contributed by atoms with Gasteiger partial charge in [-0.1, -0.05) is 0 Å². The molecule has 82 valence electrons. The molecule has 14 heavy (non-hydrogen) atoms. The molecule has 1 heterocycles. The minimum absolute atomic E-state index is 0.00167. The van der Waals surface area contributed by atoms with E-state index in [-0.39, 0.29) is 12.5 Å². The maximum Gasteiger partial charge on any atom is 0.251 e. The van der Waals surface area contributed by atoms with Gasteiger partial charge in [0.15, 0.2) is 0 Å². The third kappa shape index (κ3) is 1.77. The Morgan fingerprint density at radius 2 is 2.14 bits per heavy atom. The molecule has 1 aliphatic carbocycles. The van der Waals surface area contributed by atoms with E-state index in [4.69, 9.17) is 4.74 Å². The van der Waals surface area contributed by atoms with E-state index in [0.717, 1.165) is 0 Å². The fourth-order valence-electron chi connectivity index (χ4n) is 2.11. The van der Waals surface area contributed by atoms with E-state index in [1.807, 2.05) is 0 Å². The second-order valence-electron chi connectivity index (χ2n) is 4.57. The highest BCUT2D eigenvalue weighted by Gasteiger charge is 2.57. The molecule has 2 fully saturated rings. The SMILES string of the molecule is CC1OCCC1(O)CCC1CC1(F)F. The molecule has 0 spiro atoms. The highest BCUT2D eigenvalue weighted by Crippen LogP contribution is 2.52. The molecule has 1 N–H and O–H groups in total. The van der Waals surface area contributed by atoms with Crippen molar-refractivity contribution in [2.75, 3.05) is 6.61 Å². The van der Waals surface area contributed by atoms with Crippen molar-refractivity contribution >= 4 is 0 Å². The van der Waals surface area contributed by atoms with Crippen LogP contribution >= 0.6 is 0 Å². The van der Waals surface area contributed by atoms with Crippen LogP contribution in [0.4, 0.5) is 8.78 Å². The van der Waals surface area contributed by atoms with Gasteiger partial charge in [0, 0.05) is 25.4 Å². The number of hydrogen-bond donors (Lipinski definition) is 1. The summed E-state index contributed by atoms with van der Waals surface area (Å²) in [6.45, 7) is 2.34. The summed E-state index contributed by atoms with van der Waals surface area (Å²) in [7, 11) is 0. The van der Waals surface area contributed by atoms with E-state index in [9.17, 15) is 13.9 Å². The molecule has 1 saturated carbocycles. The molecule has 3 unspecified atom stereocenters. The molecule has 0 aromatic rings. The second-order valence-corrected chi connectivity index (χ2v) is 4.57. The zero-order chi connectivity index (χ0) is 10.4. The van der Waals surface area contributed by atoms with Crippen molar-refractivity contribution in [3.8, 4) is 0 Å².